The Morgan fingerprint density at radius 1 is 1.20 bits per heavy atom. The number of hydrogen-bond donors (Lipinski definition) is 1. The molecule has 0 saturated heterocycles. The van der Waals surface area contributed by atoms with Gasteiger partial charge in [-0.05, 0) is 43.9 Å². The summed E-state index contributed by atoms with van der Waals surface area (Å²) < 4.78 is 1.94. The van der Waals surface area contributed by atoms with Gasteiger partial charge in [-0.2, -0.15) is 0 Å². The van der Waals surface area contributed by atoms with Crippen LogP contribution in [0.1, 0.15) is 35.6 Å². The van der Waals surface area contributed by atoms with Crippen LogP contribution in [0.3, 0.4) is 0 Å². The van der Waals surface area contributed by atoms with E-state index in [4.69, 9.17) is 5.73 Å². The molecule has 20 heavy (non-hydrogen) atoms. The number of rotatable bonds is 3. The van der Waals surface area contributed by atoms with Gasteiger partial charge in [0.1, 0.15) is 0 Å². The maximum absolute atomic E-state index is 12.6. The Hall–Kier alpha value is -1.87. The van der Waals surface area contributed by atoms with E-state index in [0.717, 1.165) is 35.2 Å². The van der Waals surface area contributed by atoms with E-state index in [0.29, 0.717) is 12.6 Å². The zero-order valence-corrected chi connectivity index (χ0v) is 12.0. The topological polar surface area (TPSA) is 48.0 Å². The van der Waals surface area contributed by atoms with Crippen molar-refractivity contribution in [3.8, 4) is 11.3 Å². The summed E-state index contributed by atoms with van der Waals surface area (Å²) in [5.41, 5.74) is 10.9. The van der Waals surface area contributed by atoms with Crippen molar-refractivity contribution in [3.05, 3.63) is 57.4 Å². The quantitative estimate of drug-likeness (QED) is 0.930. The summed E-state index contributed by atoms with van der Waals surface area (Å²) in [6.45, 7) is 4.35. The number of pyridine rings is 1. The number of hydrogen-bond acceptors (Lipinski definition) is 2. The molecule has 0 aliphatic heterocycles. The lowest BCUT2D eigenvalue weighted by Crippen LogP contribution is -2.27. The zero-order valence-electron chi connectivity index (χ0n) is 12.0. The Balaban J connectivity index is 2.24. The molecule has 1 saturated carbocycles. The molecule has 1 aromatic heterocycles. The van der Waals surface area contributed by atoms with Crippen LogP contribution < -0.4 is 11.3 Å². The average molecular weight is 268 g/mol. The van der Waals surface area contributed by atoms with Crippen LogP contribution in [0.4, 0.5) is 0 Å². The second-order valence-electron chi connectivity index (χ2n) is 5.67. The van der Waals surface area contributed by atoms with E-state index in [2.05, 4.69) is 37.3 Å². The fourth-order valence-corrected chi connectivity index (χ4v) is 2.68. The van der Waals surface area contributed by atoms with Crippen molar-refractivity contribution in [2.45, 2.75) is 39.3 Å². The van der Waals surface area contributed by atoms with Crippen LogP contribution in [0.5, 0.6) is 0 Å². The summed E-state index contributed by atoms with van der Waals surface area (Å²) in [5, 5.41) is 0. The summed E-state index contributed by atoms with van der Waals surface area (Å²) >= 11 is 0. The van der Waals surface area contributed by atoms with Crippen molar-refractivity contribution >= 4 is 0 Å². The first-order valence-electron chi connectivity index (χ1n) is 7.14. The van der Waals surface area contributed by atoms with Crippen molar-refractivity contribution in [2.75, 3.05) is 0 Å². The Morgan fingerprint density at radius 3 is 2.40 bits per heavy atom. The van der Waals surface area contributed by atoms with Crippen LogP contribution >= 0.6 is 0 Å². The first-order valence-corrected chi connectivity index (χ1v) is 7.14. The second kappa shape index (κ2) is 4.91. The lowest BCUT2D eigenvalue weighted by molar-refractivity contribution is 0.701. The van der Waals surface area contributed by atoms with Crippen molar-refractivity contribution in [1.82, 2.24) is 4.57 Å². The van der Waals surface area contributed by atoms with Crippen LogP contribution in [0.25, 0.3) is 11.3 Å². The van der Waals surface area contributed by atoms with Gasteiger partial charge in [0.25, 0.3) is 5.56 Å². The highest BCUT2D eigenvalue weighted by Gasteiger charge is 2.28. The molecule has 1 fully saturated rings. The Morgan fingerprint density at radius 2 is 1.85 bits per heavy atom. The maximum Gasteiger partial charge on any atom is 0.256 e. The van der Waals surface area contributed by atoms with Gasteiger partial charge in [-0.25, -0.2) is 0 Å². The average Bonchev–Trinajstić information content (AvgIpc) is 3.24. The van der Waals surface area contributed by atoms with Crippen molar-refractivity contribution in [1.29, 1.82) is 0 Å². The zero-order chi connectivity index (χ0) is 14.3. The third-order valence-electron chi connectivity index (χ3n) is 4.03. The van der Waals surface area contributed by atoms with Gasteiger partial charge in [-0.15, -0.1) is 0 Å². The standard InChI is InChI=1S/C17H20N2O/c1-11-3-5-13(6-4-11)16-9-12(2)15(10-18)17(20)19(16)14-7-8-14/h3-6,9,14H,7-8,10,18H2,1-2H3. The van der Waals surface area contributed by atoms with Gasteiger partial charge in [0.05, 0.1) is 5.69 Å². The van der Waals surface area contributed by atoms with Gasteiger partial charge in [0.2, 0.25) is 0 Å². The van der Waals surface area contributed by atoms with E-state index >= 15 is 0 Å². The molecule has 1 aromatic carbocycles. The van der Waals surface area contributed by atoms with Crippen LogP contribution in [0, 0.1) is 13.8 Å². The number of aryl methyl sites for hydroxylation is 2. The van der Waals surface area contributed by atoms with E-state index in [1.165, 1.54) is 5.56 Å². The van der Waals surface area contributed by atoms with Gasteiger partial charge in [0, 0.05) is 18.2 Å². The molecule has 2 N–H and O–H groups in total. The number of nitrogens with two attached hydrogens (primary N) is 1. The molecule has 1 heterocycles. The highest BCUT2D eigenvalue weighted by molar-refractivity contribution is 5.62. The molecule has 0 unspecified atom stereocenters. The van der Waals surface area contributed by atoms with E-state index in [1.807, 2.05) is 11.5 Å². The van der Waals surface area contributed by atoms with E-state index in [1.54, 1.807) is 0 Å². The molecular formula is C17H20N2O. The molecule has 0 radical (unpaired) electrons. The fourth-order valence-electron chi connectivity index (χ4n) is 2.68. The van der Waals surface area contributed by atoms with Crippen LogP contribution in [0.2, 0.25) is 0 Å². The summed E-state index contributed by atoms with van der Waals surface area (Å²) in [5.74, 6) is 0. The minimum Gasteiger partial charge on any atom is -0.326 e. The van der Waals surface area contributed by atoms with Gasteiger partial charge in [0.15, 0.2) is 0 Å². The van der Waals surface area contributed by atoms with Crippen molar-refractivity contribution in [2.24, 2.45) is 5.73 Å². The Kier molecular flexibility index (Phi) is 3.22. The lowest BCUT2D eigenvalue weighted by atomic mass is 10.0. The SMILES string of the molecule is Cc1ccc(-c2cc(C)c(CN)c(=O)n2C2CC2)cc1. The number of benzene rings is 1. The maximum atomic E-state index is 12.6. The number of nitrogens with zero attached hydrogens (tertiary/aromatic N) is 1. The molecule has 1 aliphatic carbocycles. The summed E-state index contributed by atoms with van der Waals surface area (Å²) in [7, 11) is 0. The van der Waals surface area contributed by atoms with Crippen LogP contribution in [-0.2, 0) is 6.54 Å². The van der Waals surface area contributed by atoms with Gasteiger partial charge in [-0.3, -0.25) is 4.79 Å². The molecule has 0 amide bonds. The van der Waals surface area contributed by atoms with Crippen molar-refractivity contribution in [3.63, 3.8) is 0 Å². The van der Waals surface area contributed by atoms with E-state index < -0.39 is 0 Å². The fraction of sp³-hybridized carbons (Fsp3) is 0.353. The monoisotopic (exact) mass is 268 g/mol. The third kappa shape index (κ3) is 2.18. The summed E-state index contributed by atoms with van der Waals surface area (Å²) in [6, 6.07) is 10.8. The summed E-state index contributed by atoms with van der Waals surface area (Å²) in [4.78, 5) is 12.6. The molecule has 0 bridgehead atoms. The van der Waals surface area contributed by atoms with Gasteiger partial charge in [-0.1, -0.05) is 29.8 Å². The molecular weight excluding hydrogens is 248 g/mol. The molecule has 0 atom stereocenters. The second-order valence-corrected chi connectivity index (χ2v) is 5.67. The van der Waals surface area contributed by atoms with Gasteiger partial charge < -0.3 is 10.3 Å². The molecule has 3 rings (SSSR count). The molecule has 104 valence electrons. The largest absolute Gasteiger partial charge is 0.326 e. The van der Waals surface area contributed by atoms with Crippen LogP contribution in [-0.4, -0.2) is 4.57 Å². The first kappa shape index (κ1) is 13.1. The van der Waals surface area contributed by atoms with Crippen LogP contribution in [0.15, 0.2) is 35.1 Å². The van der Waals surface area contributed by atoms with E-state index in [-0.39, 0.29) is 5.56 Å². The molecule has 2 aromatic rings. The van der Waals surface area contributed by atoms with E-state index in [9.17, 15) is 4.79 Å². The van der Waals surface area contributed by atoms with Gasteiger partial charge >= 0.3 is 0 Å². The predicted molar refractivity (Wildman–Crippen MR) is 81.8 cm³/mol. The number of aromatic nitrogens is 1. The molecule has 1 aliphatic rings. The molecule has 3 heteroatoms. The Bertz CT molecular complexity index is 694. The first-order chi connectivity index (χ1) is 9.61. The molecule has 3 nitrogen and oxygen atoms in total. The summed E-state index contributed by atoms with van der Waals surface area (Å²) in [6.07, 6.45) is 2.18. The smallest absolute Gasteiger partial charge is 0.256 e. The molecule has 0 spiro atoms. The minimum absolute atomic E-state index is 0.0885. The Labute approximate surface area is 119 Å². The van der Waals surface area contributed by atoms with Crippen molar-refractivity contribution < 1.29 is 0 Å². The predicted octanol–water partition coefficient (Wildman–Crippen LogP) is 2.93. The third-order valence-corrected chi connectivity index (χ3v) is 4.03. The lowest BCUT2D eigenvalue weighted by Gasteiger charge is -2.16. The highest BCUT2D eigenvalue weighted by Crippen LogP contribution is 2.37. The normalized spacial score (nSPS) is 14.6. The highest BCUT2D eigenvalue weighted by atomic mass is 16.1. The minimum atomic E-state index is 0.0885.